The molecule has 9 heteroatoms. The van der Waals surface area contributed by atoms with Crippen molar-refractivity contribution in [2.75, 3.05) is 10.8 Å². The molecule has 0 saturated carbocycles. The fraction of sp³-hybridized carbons (Fsp3) is 0.143. The third-order valence-corrected chi connectivity index (χ3v) is 7.68. The molecule has 7 nitrogen and oxygen atoms in total. The first-order chi connectivity index (χ1) is 17.7. The number of hydrazone groups is 1. The fourth-order valence-corrected chi connectivity index (χ4v) is 5.45. The highest BCUT2D eigenvalue weighted by molar-refractivity contribution is 7.92. The van der Waals surface area contributed by atoms with Crippen LogP contribution in [-0.4, -0.2) is 31.7 Å². The minimum atomic E-state index is -4.00. The molecule has 1 N–H and O–H groups in total. The quantitative estimate of drug-likeness (QED) is 0.266. The van der Waals surface area contributed by atoms with Gasteiger partial charge in [-0.1, -0.05) is 48.0 Å². The first-order valence-corrected chi connectivity index (χ1v) is 13.0. The van der Waals surface area contributed by atoms with Gasteiger partial charge in [-0.15, -0.1) is 0 Å². The smallest absolute Gasteiger partial charge is 0.264 e. The van der Waals surface area contributed by atoms with Crippen LogP contribution in [0.3, 0.4) is 0 Å². The van der Waals surface area contributed by atoms with Crippen molar-refractivity contribution in [3.63, 3.8) is 0 Å². The molecule has 37 heavy (non-hydrogen) atoms. The van der Waals surface area contributed by atoms with Gasteiger partial charge in [-0.05, 0) is 63.2 Å². The zero-order chi connectivity index (χ0) is 26.6. The maximum absolute atomic E-state index is 14.3. The minimum absolute atomic E-state index is 0.0764. The van der Waals surface area contributed by atoms with Gasteiger partial charge >= 0.3 is 0 Å². The molecule has 1 heterocycles. The van der Waals surface area contributed by atoms with Gasteiger partial charge in [0.15, 0.2) is 0 Å². The lowest BCUT2D eigenvalue weighted by molar-refractivity contribution is -0.119. The first-order valence-electron chi connectivity index (χ1n) is 11.6. The summed E-state index contributed by atoms with van der Waals surface area (Å²) < 4.78 is 43.9. The van der Waals surface area contributed by atoms with Crippen LogP contribution < -0.4 is 9.73 Å². The number of aromatic nitrogens is 1. The zero-order valence-corrected chi connectivity index (χ0v) is 21.5. The number of nitrogens with one attached hydrogen (secondary N) is 1. The molecule has 0 unspecified atom stereocenters. The summed E-state index contributed by atoms with van der Waals surface area (Å²) in [5, 5.41) is 4.04. The monoisotopic (exact) mass is 518 g/mol. The number of halogens is 1. The lowest BCUT2D eigenvalue weighted by atomic mass is 10.2. The molecule has 1 aromatic heterocycles. The van der Waals surface area contributed by atoms with Gasteiger partial charge in [0, 0.05) is 17.0 Å². The summed E-state index contributed by atoms with van der Waals surface area (Å²) in [6, 6.07) is 23.1. The van der Waals surface area contributed by atoms with E-state index in [0.29, 0.717) is 16.9 Å². The molecule has 1 amide bonds. The number of carbonyl (C=O) groups excluding carboxylic acids is 1. The molecular weight excluding hydrogens is 491 g/mol. The molecule has 0 saturated heterocycles. The Bertz CT molecular complexity index is 1550. The van der Waals surface area contributed by atoms with Crippen molar-refractivity contribution in [2.45, 2.75) is 25.7 Å². The highest BCUT2D eigenvalue weighted by Crippen LogP contribution is 2.24. The second kappa shape index (κ2) is 10.8. The Morgan fingerprint density at radius 2 is 1.62 bits per heavy atom. The van der Waals surface area contributed by atoms with E-state index in [4.69, 9.17) is 0 Å². The van der Waals surface area contributed by atoms with E-state index in [1.807, 2.05) is 26.8 Å². The van der Waals surface area contributed by atoms with E-state index in [1.54, 1.807) is 65.2 Å². The molecule has 0 fully saturated rings. The predicted octanol–water partition coefficient (Wildman–Crippen LogP) is 4.89. The molecule has 4 aromatic rings. The lowest BCUT2D eigenvalue weighted by Gasteiger charge is -2.23. The average molecular weight is 519 g/mol. The molecule has 190 valence electrons. The Morgan fingerprint density at radius 3 is 2.30 bits per heavy atom. The van der Waals surface area contributed by atoms with E-state index in [-0.39, 0.29) is 10.7 Å². The Hall–Kier alpha value is -4.24. The van der Waals surface area contributed by atoms with Crippen molar-refractivity contribution >= 4 is 27.8 Å². The van der Waals surface area contributed by atoms with Gasteiger partial charge in [0.2, 0.25) is 0 Å². The third kappa shape index (κ3) is 5.62. The van der Waals surface area contributed by atoms with E-state index in [0.717, 1.165) is 21.3 Å². The molecule has 0 aliphatic rings. The fourth-order valence-electron chi connectivity index (χ4n) is 4.01. The van der Waals surface area contributed by atoms with Crippen LogP contribution in [0.2, 0.25) is 0 Å². The maximum atomic E-state index is 14.3. The van der Waals surface area contributed by atoms with Crippen molar-refractivity contribution in [1.29, 1.82) is 0 Å². The van der Waals surface area contributed by atoms with Crippen LogP contribution >= 0.6 is 0 Å². The maximum Gasteiger partial charge on any atom is 0.264 e. The molecule has 4 rings (SSSR count). The van der Waals surface area contributed by atoms with Gasteiger partial charge in [-0.3, -0.25) is 9.10 Å². The Morgan fingerprint density at radius 1 is 0.973 bits per heavy atom. The summed E-state index contributed by atoms with van der Waals surface area (Å²) in [5.74, 6) is -0.962. The summed E-state index contributed by atoms with van der Waals surface area (Å²) >= 11 is 0. The molecule has 3 aromatic carbocycles. The predicted molar refractivity (Wildman–Crippen MR) is 143 cm³/mol. The number of nitrogens with zero attached hydrogens (tertiary/aromatic N) is 3. The standard InChI is InChI=1S/C28H27FN4O3S/c1-20-13-15-24(16-14-20)32(37(35,36)25-9-5-4-6-10-25)19-28(34)31-30-18-23-17-21(2)33(22(23)3)27-12-8-7-11-26(27)29/h4-18H,19H2,1-3H3,(H,31,34)/b30-18-. The summed E-state index contributed by atoms with van der Waals surface area (Å²) in [6.07, 6.45) is 1.46. The molecule has 0 aliphatic heterocycles. The third-order valence-electron chi connectivity index (χ3n) is 5.90. The number of rotatable bonds is 8. The van der Waals surface area contributed by atoms with Crippen LogP contribution in [0.5, 0.6) is 0 Å². The number of para-hydroxylation sites is 1. The average Bonchev–Trinajstić information content (AvgIpc) is 3.16. The van der Waals surface area contributed by atoms with E-state index in [9.17, 15) is 17.6 Å². The normalized spacial score (nSPS) is 11.6. The van der Waals surface area contributed by atoms with E-state index in [1.165, 1.54) is 24.4 Å². The molecular formula is C28H27FN4O3S. The Labute approximate surface area is 215 Å². The van der Waals surface area contributed by atoms with Gasteiger partial charge in [0.1, 0.15) is 12.4 Å². The number of benzene rings is 3. The number of carbonyl (C=O) groups is 1. The summed E-state index contributed by atoms with van der Waals surface area (Å²) in [6.45, 7) is 5.10. The number of aryl methyl sites for hydroxylation is 2. The number of anilines is 1. The lowest BCUT2D eigenvalue weighted by Crippen LogP contribution is -2.39. The molecule has 0 bridgehead atoms. The van der Waals surface area contributed by atoms with Crippen LogP contribution in [0.25, 0.3) is 5.69 Å². The van der Waals surface area contributed by atoms with Crippen molar-refractivity contribution in [1.82, 2.24) is 9.99 Å². The molecule has 0 aliphatic carbocycles. The van der Waals surface area contributed by atoms with Crippen molar-refractivity contribution in [3.05, 3.63) is 113 Å². The number of hydrogen-bond acceptors (Lipinski definition) is 4. The number of sulfonamides is 1. The van der Waals surface area contributed by atoms with Crippen molar-refractivity contribution in [3.8, 4) is 5.69 Å². The summed E-state index contributed by atoms with van der Waals surface area (Å²) in [7, 11) is -4.00. The molecule has 0 atom stereocenters. The van der Waals surface area contributed by atoms with Crippen LogP contribution in [0.15, 0.2) is 94.9 Å². The van der Waals surface area contributed by atoms with Gasteiger partial charge in [-0.2, -0.15) is 5.10 Å². The van der Waals surface area contributed by atoms with E-state index >= 15 is 0 Å². The van der Waals surface area contributed by atoms with Gasteiger partial charge in [0.25, 0.3) is 15.9 Å². The van der Waals surface area contributed by atoms with Crippen LogP contribution in [-0.2, 0) is 14.8 Å². The van der Waals surface area contributed by atoms with Gasteiger partial charge < -0.3 is 4.57 Å². The zero-order valence-electron chi connectivity index (χ0n) is 20.7. The van der Waals surface area contributed by atoms with Gasteiger partial charge in [0.05, 0.1) is 22.5 Å². The first kappa shape index (κ1) is 25.8. The summed E-state index contributed by atoms with van der Waals surface area (Å²) in [4.78, 5) is 12.9. The minimum Gasteiger partial charge on any atom is -0.315 e. The van der Waals surface area contributed by atoms with Crippen molar-refractivity contribution < 1.29 is 17.6 Å². The molecule has 0 radical (unpaired) electrons. The van der Waals surface area contributed by atoms with E-state index < -0.39 is 22.5 Å². The van der Waals surface area contributed by atoms with Gasteiger partial charge in [-0.25, -0.2) is 18.2 Å². The Balaban J connectivity index is 1.55. The molecule has 0 spiro atoms. The van der Waals surface area contributed by atoms with Crippen LogP contribution in [0.4, 0.5) is 10.1 Å². The Kier molecular flexibility index (Phi) is 7.54. The topological polar surface area (TPSA) is 83.8 Å². The van der Waals surface area contributed by atoms with Crippen LogP contribution in [0.1, 0.15) is 22.5 Å². The van der Waals surface area contributed by atoms with E-state index in [2.05, 4.69) is 10.5 Å². The highest BCUT2D eigenvalue weighted by Gasteiger charge is 2.27. The SMILES string of the molecule is Cc1ccc(N(CC(=O)N/N=C\c2cc(C)n(-c3ccccc3F)c2C)S(=O)(=O)c2ccccc2)cc1. The number of hydrogen-bond donors (Lipinski definition) is 1. The van der Waals surface area contributed by atoms with Crippen LogP contribution in [0, 0.1) is 26.6 Å². The summed E-state index contributed by atoms with van der Waals surface area (Å²) in [5.41, 5.74) is 6.39. The van der Waals surface area contributed by atoms with Crippen molar-refractivity contribution in [2.24, 2.45) is 5.10 Å². The highest BCUT2D eigenvalue weighted by atomic mass is 32.2. The largest absolute Gasteiger partial charge is 0.315 e. The second-order valence-electron chi connectivity index (χ2n) is 8.57. The second-order valence-corrected chi connectivity index (χ2v) is 10.4. The number of amides is 1.